The molecule has 0 aromatic heterocycles. The fraction of sp³-hybridized carbons (Fsp3) is 0.467. The molecule has 1 aromatic carbocycles. The van der Waals surface area contributed by atoms with Crippen LogP contribution in [0.3, 0.4) is 0 Å². The lowest BCUT2D eigenvalue weighted by Crippen LogP contribution is -2.43. The van der Waals surface area contributed by atoms with E-state index in [9.17, 15) is 4.79 Å². The highest BCUT2D eigenvalue weighted by molar-refractivity contribution is 6.31. The molecule has 0 aliphatic carbocycles. The number of amides is 1. The molecule has 1 fully saturated rings. The van der Waals surface area contributed by atoms with Crippen LogP contribution in [0.5, 0.6) is 0 Å². The molecule has 4 heteroatoms. The molecule has 0 saturated carbocycles. The van der Waals surface area contributed by atoms with Gasteiger partial charge in [0.15, 0.2) is 0 Å². The molecule has 1 N–H and O–H groups in total. The summed E-state index contributed by atoms with van der Waals surface area (Å²) in [5, 5.41) is 3.71. The maximum Gasteiger partial charge on any atom is 0.220 e. The molecule has 1 aliphatic heterocycles. The third-order valence-corrected chi connectivity index (χ3v) is 4.01. The first-order chi connectivity index (χ1) is 9.04. The van der Waals surface area contributed by atoms with Crippen LogP contribution in [0.25, 0.3) is 0 Å². The van der Waals surface area contributed by atoms with Gasteiger partial charge in [-0.2, -0.15) is 0 Å². The number of hydrogen-bond donors (Lipinski definition) is 1. The minimum absolute atomic E-state index is 0.174. The highest BCUT2D eigenvalue weighted by Crippen LogP contribution is 2.19. The van der Waals surface area contributed by atoms with Crippen molar-refractivity contribution in [2.24, 2.45) is 0 Å². The van der Waals surface area contributed by atoms with Crippen molar-refractivity contribution < 1.29 is 4.79 Å². The summed E-state index contributed by atoms with van der Waals surface area (Å²) >= 11 is 6.03. The summed E-state index contributed by atoms with van der Waals surface area (Å²) in [6, 6.07) is 6.47. The summed E-state index contributed by atoms with van der Waals surface area (Å²) in [6.45, 7) is 8.35. The molecule has 1 heterocycles. The lowest BCUT2D eigenvalue weighted by Gasteiger charge is -2.32. The summed E-state index contributed by atoms with van der Waals surface area (Å²) in [5.41, 5.74) is 2.42. The number of benzene rings is 1. The standard InChI is InChI=1S/C15H20ClN2O/c1-11-9-13(3-4-15(11)16)10-18-7-5-14(6-8-18)17-12(2)19/h3-4,9,14H,2,5-8,10H2,1H3,(H,17,19). The van der Waals surface area contributed by atoms with Crippen molar-refractivity contribution in [3.8, 4) is 0 Å². The lowest BCUT2D eigenvalue weighted by atomic mass is 10.0. The highest BCUT2D eigenvalue weighted by Gasteiger charge is 2.19. The SMILES string of the molecule is [CH2]C(=O)NC1CCN(Cc2ccc(Cl)c(C)c2)CC1. The van der Waals surface area contributed by atoms with Crippen LogP contribution in [0.4, 0.5) is 0 Å². The van der Waals surface area contributed by atoms with Crippen LogP contribution < -0.4 is 5.32 Å². The molecule has 1 saturated heterocycles. The number of carbonyl (C=O) groups is 1. The highest BCUT2D eigenvalue weighted by atomic mass is 35.5. The van der Waals surface area contributed by atoms with Gasteiger partial charge in [0.25, 0.3) is 0 Å². The fourth-order valence-electron chi connectivity index (χ4n) is 2.53. The second-order valence-corrected chi connectivity index (χ2v) is 5.61. The fourth-order valence-corrected chi connectivity index (χ4v) is 2.64. The van der Waals surface area contributed by atoms with E-state index in [1.807, 2.05) is 13.0 Å². The maximum absolute atomic E-state index is 10.9. The molecule has 0 bridgehead atoms. The summed E-state index contributed by atoms with van der Waals surface area (Å²) in [5.74, 6) is -0.174. The van der Waals surface area contributed by atoms with Gasteiger partial charge in [-0.1, -0.05) is 23.7 Å². The number of nitrogens with one attached hydrogen (secondary N) is 1. The van der Waals surface area contributed by atoms with E-state index in [1.165, 1.54) is 5.56 Å². The van der Waals surface area contributed by atoms with Crippen molar-refractivity contribution in [1.82, 2.24) is 10.2 Å². The molecule has 1 aliphatic rings. The number of halogens is 1. The number of piperidine rings is 1. The summed E-state index contributed by atoms with van der Waals surface area (Å²) in [7, 11) is 0. The Kier molecular flexibility index (Phi) is 4.83. The summed E-state index contributed by atoms with van der Waals surface area (Å²) < 4.78 is 0. The molecule has 1 aromatic rings. The lowest BCUT2D eigenvalue weighted by molar-refractivity contribution is -0.117. The molecule has 1 amide bonds. The number of nitrogens with zero attached hydrogens (tertiary/aromatic N) is 1. The molecule has 2 rings (SSSR count). The van der Waals surface area contributed by atoms with Crippen molar-refractivity contribution in [2.45, 2.75) is 32.4 Å². The predicted molar refractivity (Wildman–Crippen MR) is 78.0 cm³/mol. The Morgan fingerprint density at radius 2 is 2.16 bits per heavy atom. The number of rotatable bonds is 3. The largest absolute Gasteiger partial charge is 0.353 e. The first-order valence-electron chi connectivity index (χ1n) is 6.64. The van der Waals surface area contributed by atoms with E-state index >= 15 is 0 Å². The third kappa shape index (κ3) is 4.22. The summed E-state index contributed by atoms with van der Waals surface area (Å²) in [6.07, 6.45) is 1.99. The van der Waals surface area contributed by atoms with Crippen molar-refractivity contribution in [3.05, 3.63) is 41.3 Å². The molecule has 103 valence electrons. The van der Waals surface area contributed by atoms with Gasteiger partial charge in [0.1, 0.15) is 0 Å². The average Bonchev–Trinajstić information content (AvgIpc) is 2.36. The Morgan fingerprint density at radius 1 is 1.47 bits per heavy atom. The van der Waals surface area contributed by atoms with Crippen molar-refractivity contribution in [2.75, 3.05) is 13.1 Å². The van der Waals surface area contributed by atoms with E-state index in [0.717, 1.165) is 43.1 Å². The quantitative estimate of drug-likeness (QED) is 0.922. The molecule has 3 nitrogen and oxygen atoms in total. The minimum Gasteiger partial charge on any atom is -0.353 e. The Hall–Kier alpha value is -1.06. The van der Waals surface area contributed by atoms with Crippen molar-refractivity contribution in [1.29, 1.82) is 0 Å². The molecule has 0 atom stereocenters. The smallest absolute Gasteiger partial charge is 0.220 e. The molecular formula is C15H20ClN2O. The van der Waals surface area contributed by atoms with Crippen LogP contribution in [-0.4, -0.2) is 29.9 Å². The minimum atomic E-state index is -0.174. The van der Waals surface area contributed by atoms with Gasteiger partial charge >= 0.3 is 0 Å². The van der Waals surface area contributed by atoms with E-state index in [4.69, 9.17) is 11.6 Å². The van der Waals surface area contributed by atoms with Gasteiger partial charge in [-0.15, -0.1) is 0 Å². The number of likely N-dealkylation sites (tertiary alicyclic amines) is 1. The topological polar surface area (TPSA) is 32.3 Å². The first kappa shape index (κ1) is 14.4. The van der Waals surface area contributed by atoms with E-state index < -0.39 is 0 Å². The van der Waals surface area contributed by atoms with Crippen LogP contribution in [0.2, 0.25) is 5.02 Å². The van der Waals surface area contributed by atoms with Gasteiger partial charge in [0.05, 0.1) is 0 Å². The van der Waals surface area contributed by atoms with E-state index in [1.54, 1.807) is 0 Å². The Labute approximate surface area is 119 Å². The van der Waals surface area contributed by atoms with Gasteiger partial charge in [0, 0.05) is 37.6 Å². The molecular weight excluding hydrogens is 260 g/mol. The molecule has 0 spiro atoms. The predicted octanol–water partition coefficient (Wildman–Crippen LogP) is 2.56. The first-order valence-corrected chi connectivity index (χ1v) is 7.02. The Morgan fingerprint density at radius 3 is 2.74 bits per heavy atom. The number of aryl methyl sites for hydroxylation is 1. The monoisotopic (exact) mass is 279 g/mol. The second-order valence-electron chi connectivity index (χ2n) is 5.20. The Bertz CT molecular complexity index is 453. The van der Waals surface area contributed by atoms with Gasteiger partial charge in [-0.3, -0.25) is 9.69 Å². The van der Waals surface area contributed by atoms with Gasteiger partial charge in [-0.05, 0) is 37.0 Å². The van der Waals surface area contributed by atoms with E-state index in [0.29, 0.717) is 0 Å². The maximum atomic E-state index is 10.9. The zero-order valence-electron chi connectivity index (χ0n) is 11.3. The third-order valence-electron chi connectivity index (χ3n) is 3.58. The van der Waals surface area contributed by atoms with Crippen LogP contribution in [0.15, 0.2) is 18.2 Å². The van der Waals surface area contributed by atoms with Crippen molar-refractivity contribution in [3.63, 3.8) is 0 Å². The van der Waals surface area contributed by atoms with Gasteiger partial charge < -0.3 is 5.32 Å². The second kappa shape index (κ2) is 6.40. The van der Waals surface area contributed by atoms with E-state index in [2.05, 4.69) is 29.3 Å². The number of carbonyl (C=O) groups excluding carboxylic acids is 1. The van der Waals surface area contributed by atoms with Crippen LogP contribution >= 0.6 is 11.6 Å². The van der Waals surface area contributed by atoms with Crippen LogP contribution in [0, 0.1) is 13.8 Å². The zero-order chi connectivity index (χ0) is 13.8. The average molecular weight is 280 g/mol. The number of hydrogen-bond acceptors (Lipinski definition) is 2. The molecule has 0 unspecified atom stereocenters. The molecule has 19 heavy (non-hydrogen) atoms. The molecule has 1 radical (unpaired) electrons. The zero-order valence-corrected chi connectivity index (χ0v) is 12.0. The van der Waals surface area contributed by atoms with Crippen molar-refractivity contribution >= 4 is 17.5 Å². The van der Waals surface area contributed by atoms with Gasteiger partial charge in [0.2, 0.25) is 5.91 Å². The van der Waals surface area contributed by atoms with Crippen LogP contribution in [-0.2, 0) is 11.3 Å². The van der Waals surface area contributed by atoms with E-state index in [-0.39, 0.29) is 11.9 Å². The summed E-state index contributed by atoms with van der Waals surface area (Å²) in [4.78, 5) is 13.3. The van der Waals surface area contributed by atoms with Gasteiger partial charge in [-0.25, -0.2) is 0 Å². The van der Waals surface area contributed by atoms with Crippen LogP contribution in [0.1, 0.15) is 24.0 Å². The normalized spacial score (nSPS) is 17.4. The Balaban J connectivity index is 1.85.